The van der Waals surface area contributed by atoms with E-state index < -0.39 is 10.0 Å². The van der Waals surface area contributed by atoms with E-state index in [0.717, 1.165) is 12.8 Å². The van der Waals surface area contributed by atoms with Gasteiger partial charge in [-0.1, -0.05) is 6.07 Å². The second-order valence-corrected chi connectivity index (χ2v) is 8.25. The summed E-state index contributed by atoms with van der Waals surface area (Å²) >= 11 is 3.31. The normalized spacial score (nSPS) is 16.1. The van der Waals surface area contributed by atoms with Crippen molar-refractivity contribution in [3.05, 3.63) is 28.2 Å². The number of sulfonamides is 1. The Morgan fingerprint density at radius 2 is 2.05 bits per heavy atom. The molecule has 4 nitrogen and oxygen atoms in total. The Labute approximate surface area is 129 Å². The molecule has 1 aromatic carbocycles. The van der Waals surface area contributed by atoms with Gasteiger partial charge in [-0.2, -0.15) is 4.31 Å². The molecule has 0 aliphatic heterocycles. The van der Waals surface area contributed by atoms with Gasteiger partial charge in [-0.15, -0.1) is 0 Å². The first-order chi connectivity index (χ1) is 9.36. The summed E-state index contributed by atoms with van der Waals surface area (Å²) in [4.78, 5) is 0.235. The number of hydrogen-bond donors (Lipinski definition) is 1. The first kappa shape index (κ1) is 15.9. The highest BCUT2D eigenvalue weighted by Crippen LogP contribution is 2.34. The minimum atomic E-state index is -3.54. The van der Waals surface area contributed by atoms with E-state index in [0.29, 0.717) is 22.5 Å². The maximum Gasteiger partial charge on any atom is 0.244 e. The van der Waals surface area contributed by atoms with Crippen LogP contribution in [-0.4, -0.2) is 30.4 Å². The third kappa shape index (κ3) is 3.42. The Morgan fingerprint density at radius 1 is 1.40 bits per heavy atom. The zero-order chi connectivity index (χ0) is 14.9. The summed E-state index contributed by atoms with van der Waals surface area (Å²) in [6, 6.07) is 4.85. The molecule has 0 amide bonds. The van der Waals surface area contributed by atoms with E-state index in [-0.39, 0.29) is 17.5 Å². The first-order valence-electron chi connectivity index (χ1n) is 6.77. The summed E-state index contributed by atoms with van der Waals surface area (Å²) in [5.74, 6) is 0.493. The van der Waals surface area contributed by atoms with Gasteiger partial charge in [0.1, 0.15) is 0 Å². The number of benzene rings is 1. The molecular formula is C14H20BrNO3S. The van der Waals surface area contributed by atoms with Crippen LogP contribution < -0.4 is 0 Å². The molecule has 112 valence electrons. The monoisotopic (exact) mass is 361 g/mol. The molecule has 6 heteroatoms. The molecule has 20 heavy (non-hydrogen) atoms. The summed E-state index contributed by atoms with van der Waals surface area (Å²) in [6.07, 6.45) is 2.22. The number of hydrogen-bond acceptors (Lipinski definition) is 3. The minimum Gasteiger partial charge on any atom is -0.392 e. The van der Waals surface area contributed by atoms with Crippen LogP contribution in [-0.2, 0) is 16.6 Å². The molecule has 0 radical (unpaired) electrons. The average Bonchev–Trinajstić information content (AvgIpc) is 3.19. The van der Waals surface area contributed by atoms with E-state index in [4.69, 9.17) is 0 Å². The third-order valence-corrected chi connectivity index (χ3v) is 6.51. The van der Waals surface area contributed by atoms with Gasteiger partial charge in [0, 0.05) is 17.1 Å². The van der Waals surface area contributed by atoms with Crippen molar-refractivity contribution in [2.75, 3.05) is 6.54 Å². The maximum atomic E-state index is 12.8. The lowest BCUT2D eigenvalue weighted by atomic mass is 10.2. The Balaban J connectivity index is 2.40. The number of aliphatic hydroxyl groups is 1. The topological polar surface area (TPSA) is 57.6 Å². The van der Waals surface area contributed by atoms with Crippen molar-refractivity contribution in [1.29, 1.82) is 0 Å². The Hall–Kier alpha value is -0.430. The van der Waals surface area contributed by atoms with E-state index in [1.54, 1.807) is 22.5 Å². The molecule has 0 heterocycles. The van der Waals surface area contributed by atoms with Crippen molar-refractivity contribution < 1.29 is 13.5 Å². The number of aliphatic hydroxyl groups excluding tert-OH is 1. The van der Waals surface area contributed by atoms with Crippen molar-refractivity contribution in [2.45, 2.75) is 44.2 Å². The summed E-state index contributed by atoms with van der Waals surface area (Å²) in [5, 5.41) is 9.20. The first-order valence-corrected chi connectivity index (χ1v) is 9.00. The maximum absolute atomic E-state index is 12.8. The molecular weight excluding hydrogens is 342 g/mol. The quantitative estimate of drug-likeness (QED) is 0.847. The van der Waals surface area contributed by atoms with Gasteiger partial charge in [0.2, 0.25) is 10.0 Å². The Kier molecular flexibility index (Phi) is 4.89. The van der Waals surface area contributed by atoms with Gasteiger partial charge in [-0.3, -0.25) is 0 Å². The molecule has 1 aromatic rings. The van der Waals surface area contributed by atoms with Crippen LogP contribution in [0.4, 0.5) is 0 Å². The summed E-state index contributed by atoms with van der Waals surface area (Å²) in [7, 11) is -3.54. The highest BCUT2D eigenvalue weighted by atomic mass is 79.9. The minimum absolute atomic E-state index is 0.0784. The third-order valence-electron chi connectivity index (χ3n) is 3.48. The van der Waals surface area contributed by atoms with Crippen LogP contribution in [0.15, 0.2) is 27.6 Å². The lowest BCUT2D eigenvalue weighted by Crippen LogP contribution is -2.38. The van der Waals surface area contributed by atoms with Gasteiger partial charge in [0.25, 0.3) is 0 Å². The number of rotatable bonds is 6. The molecule has 1 aliphatic rings. The van der Waals surface area contributed by atoms with Crippen LogP contribution >= 0.6 is 15.9 Å². The van der Waals surface area contributed by atoms with Gasteiger partial charge in [0.05, 0.1) is 11.5 Å². The number of nitrogens with zero attached hydrogens (tertiary/aromatic N) is 1. The molecule has 0 unspecified atom stereocenters. The molecule has 1 fully saturated rings. The molecule has 2 rings (SSSR count). The van der Waals surface area contributed by atoms with Crippen LogP contribution in [0.2, 0.25) is 0 Å². The van der Waals surface area contributed by atoms with Gasteiger partial charge in [0.15, 0.2) is 0 Å². The van der Waals surface area contributed by atoms with Gasteiger partial charge in [-0.25, -0.2) is 8.42 Å². The standard InChI is InChI=1S/C14H20BrNO3S/c1-10(2)16(8-11-3-4-11)20(18,19)14-7-12(9-17)5-6-13(14)15/h5-7,10-11,17H,3-4,8-9H2,1-2H3. The highest BCUT2D eigenvalue weighted by molar-refractivity contribution is 9.10. The lowest BCUT2D eigenvalue weighted by molar-refractivity contribution is 0.281. The van der Waals surface area contributed by atoms with Crippen LogP contribution in [0, 0.1) is 5.92 Å². The van der Waals surface area contributed by atoms with E-state index >= 15 is 0 Å². The fraction of sp³-hybridized carbons (Fsp3) is 0.571. The van der Waals surface area contributed by atoms with Crippen molar-refractivity contribution in [3.8, 4) is 0 Å². The molecule has 1 N–H and O–H groups in total. The molecule has 1 aliphatic carbocycles. The molecule has 0 aromatic heterocycles. The lowest BCUT2D eigenvalue weighted by Gasteiger charge is -2.26. The number of halogens is 1. The predicted molar refractivity (Wildman–Crippen MR) is 81.8 cm³/mol. The van der Waals surface area contributed by atoms with Crippen LogP contribution in [0.5, 0.6) is 0 Å². The second kappa shape index (κ2) is 6.13. The second-order valence-electron chi connectivity index (χ2n) is 5.53. The van der Waals surface area contributed by atoms with Crippen molar-refractivity contribution in [3.63, 3.8) is 0 Å². The average molecular weight is 362 g/mol. The van der Waals surface area contributed by atoms with Gasteiger partial charge < -0.3 is 5.11 Å². The molecule has 0 saturated heterocycles. The van der Waals surface area contributed by atoms with Crippen LogP contribution in [0.25, 0.3) is 0 Å². The van der Waals surface area contributed by atoms with Crippen molar-refractivity contribution >= 4 is 26.0 Å². The van der Waals surface area contributed by atoms with Gasteiger partial charge in [-0.05, 0) is 66.2 Å². The van der Waals surface area contributed by atoms with Crippen molar-refractivity contribution in [1.82, 2.24) is 4.31 Å². The van der Waals surface area contributed by atoms with E-state index in [1.165, 1.54) is 0 Å². The molecule has 0 spiro atoms. The van der Waals surface area contributed by atoms with E-state index in [2.05, 4.69) is 15.9 Å². The largest absolute Gasteiger partial charge is 0.392 e. The fourth-order valence-electron chi connectivity index (χ4n) is 2.11. The molecule has 1 saturated carbocycles. The van der Waals surface area contributed by atoms with Crippen LogP contribution in [0.3, 0.4) is 0 Å². The Bertz CT molecular complexity index is 582. The van der Waals surface area contributed by atoms with Crippen LogP contribution in [0.1, 0.15) is 32.3 Å². The smallest absolute Gasteiger partial charge is 0.244 e. The summed E-state index contributed by atoms with van der Waals surface area (Å²) in [6.45, 7) is 4.20. The van der Waals surface area contributed by atoms with Gasteiger partial charge >= 0.3 is 0 Å². The van der Waals surface area contributed by atoms with Crippen molar-refractivity contribution in [2.24, 2.45) is 5.92 Å². The SMILES string of the molecule is CC(C)N(CC1CC1)S(=O)(=O)c1cc(CO)ccc1Br. The van der Waals surface area contributed by atoms with E-state index in [9.17, 15) is 13.5 Å². The zero-order valence-corrected chi connectivity index (χ0v) is 14.1. The Morgan fingerprint density at radius 3 is 2.55 bits per heavy atom. The molecule has 0 bridgehead atoms. The highest BCUT2D eigenvalue weighted by Gasteiger charge is 2.34. The summed E-state index contributed by atoms with van der Waals surface area (Å²) < 4.78 is 27.8. The fourth-order valence-corrected chi connectivity index (χ4v) is 4.80. The predicted octanol–water partition coefficient (Wildman–Crippen LogP) is 2.75. The summed E-state index contributed by atoms with van der Waals surface area (Å²) in [5.41, 5.74) is 0.599. The molecule has 0 atom stereocenters. The zero-order valence-electron chi connectivity index (χ0n) is 11.7. The van der Waals surface area contributed by atoms with E-state index in [1.807, 2.05) is 13.8 Å².